The van der Waals surface area contributed by atoms with Crippen LogP contribution in [-0.2, 0) is 27.7 Å². The van der Waals surface area contributed by atoms with Gasteiger partial charge in [0.05, 0.1) is 22.3 Å². The summed E-state index contributed by atoms with van der Waals surface area (Å²) in [5.74, 6) is -0.402. The second-order valence-electron chi connectivity index (χ2n) is 6.02. The van der Waals surface area contributed by atoms with Crippen molar-refractivity contribution in [3.63, 3.8) is 0 Å². The summed E-state index contributed by atoms with van der Waals surface area (Å²) in [6, 6.07) is 14.0. The van der Waals surface area contributed by atoms with E-state index in [2.05, 4.69) is 5.32 Å². The lowest BCUT2D eigenvalue weighted by Crippen LogP contribution is -2.26. The molecule has 0 fully saturated rings. The Hall–Kier alpha value is -2.18. The molecule has 1 amide bonds. The van der Waals surface area contributed by atoms with E-state index in [1.54, 1.807) is 33.1 Å². The molecule has 6 heteroatoms. The summed E-state index contributed by atoms with van der Waals surface area (Å²) in [5, 5.41) is 2.20. The second kappa shape index (κ2) is 8.27. The molecule has 134 valence electrons. The standard InChI is InChI=1S/C19H23NO4S/c1-14(2)25(22,23)18-7-5-4-6-17(18)19(21)20-12-15-8-10-16(11-9-15)13-24-3/h4-11,14H,12-13H2,1-3H3,(H,20,21). The molecule has 0 aliphatic heterocycles. The lowest BCUT2D eigenvalue weighted by atomic mass is 10.1. The van der Waals surface area contributed by atoms with Crippen LogP contribution in [0.5, 0.6) is 0 Å². The Kier molecular flexibility index (Phi) is 6.33. The van der Waals surface area contributed by atoms with Crippen molar-refractivity contribution in [1.82, 2.24) is 5.32 Å². The summed E-state index contributed by atoms with van der Waals surface area (Å²) in [6.45, 7) is 4.06. The van der Waals surface area contributed by atoms with E-state index < -0.39 is 21.0 Å². The lowest BCUT2D eigenvalue weighted by Gasteiger charge is -2.13. The first-order chi connectivity index (χ1) is 11.9. The molecular formula is C19H23NO4S. The molecule has 0 aliphatic carbocycles. The van der Waals surface area contributed by atoms with Gasteiger partial charge in [-0.2, -0.15) is 0 Å². The third kappa shape index (κ3) is 4.67. The number of nitrogens with one attached hydrogen (secondary N) is 1. The molecule has 0 spiro atoms. The van der Waals surface area contributed by atoms with Crippen LogP contribution < -0.4 is 5.32 Å². The quantitative estimate of drug-likeness (QED) is 0.823. The number of benzene rings is 2. The van der Waals surface area contributed by atoms with E-state index in [-0.39, 0.29) is 10.5 Å². The average molecular weight is 361 g/mol. The minimum atomic E-state index is -3.52. The Morgan fingerprint density at radius 3 is 2.24 bits per heavy atom. The van der Waals surface area contributed by atoms with E-state index in [0.29, 0.717) is 13.2 Å². The molecule has 2 aromatic rings. The number of carbonyl (C=O) groups excluding carboxylic acids is 1. The smallest absolute Gasteiger partial charge is 0.252 e. The van der Waals surface area contributed by atoms with Gasteiger partial charge in [0.25, 0.3) is 5.91 Å². The van der Waals surface area contributed by atoms with E-state index in [4.69, 9.17) is 4.74 Å². The number of hydrogen-bond donors (Lipinski definition) is 1. The van der Waals surface area contributed by atoms with Crippen LogP contribution in [0.3, 0.4) is 0 Å². The molecule has 2 aromatic carbocycles. The van der Waals surface area contributed by atoms with E-state index in [9.17, 15) is 13.2 Å². The van der Waals surface area contributed by atoms with Crippen LogP contribution in [0.1, 0.15) is 35.3 Å². The van der Waals surface area contributed by atoms with E-state index in [1.807, 2.05) is 24.3 Å². The molecule has 0 unspecified atom stereocenters. The fraction of sp³-hybridized carbons (Fsp3) is 0.316. The number of amides is 1. The molecule has 25 heavy (non-hydrogen) atoms. The molecule has 5 nitrogen and oxygen atoms in total. The first kappa shape index (κ1) is 19.1. The van der Waals surface area contributed by atoms with Crippen molar-refractivity contribution in [2.75, 3.05) is 7.11 Å². The molecule has 2 rings (SSSR count). The van der Waals surface area contributed by atoms with Gasteiger partial charge in [0.1, 0.15) is 0 Å². The van der Waals surface area contributed by atoms with E-state index in [0.717, 1.165) is 11.1 Å². The Bertz CT molecular complexity index is 827. The highest BCUT2D eigenvalue weighted by atomic mass is 32.2. The molecule has 0 atom stereocenters. The summed E-state index contributed by atoms with van der Waals surface area (Å²) < 4.78 is 29.9. The van der Waals surface area contributed by atoms with Gasteiger partial charge < -0.3 is 10.1 Å². The maximum atomic E-state index is 12.5. The minimum absolute atomic E-state index is 0.0675. The molecule has 0 aliphatic rings. The second-order valence-corrected chi connectivity index (χ2v) is 8.49. The van der Waals surface area contributed by atoms with Gasteiger partial charge in [0.15, 0.2) is 9.84 Å². The van der Waals surface area contributed by atoms with Crippen molar-refractivity contribution >= 4 is 15.7 Å². The fourth-order valence-corrected chi connectivity index (χ4v) is 3.60. The first-order valence-corrected chi connectivity index (χ1v) is 9.58. The number of carbonyl (C=O) groups is 1. The van der Waals surface area contributed by atoms with Crippen molar-refractivity contribution in [2.45, 2.75) is 37.1 Å². The molecule has 0 saturated heterocycles. The van der Waals surface area contributed by atoms with Crippen molar-refractivity contribution in [1.29, 1.82) is 0 Å². The maximum absolute atomic E-state index is 12.5. The van der Waals surface area contributed by atoms with Gasteiger partial charge in [0.2, 0.25) is 0 Å². The highest BCUT2D eigenvalue weighted by Gasteiger charge is 2.24. The van der Waals surface area contributed by atoms with Gasteiger partial charge in [0, 0.05) is 13.7 Å². The third-order valence-electron chi connectivity index (χ3n) is 3.85. The monoisotopic (exact) mass is 361 g/mol. The summed E-state index contributed by atoms with van der Waals surface area (Å²) >= 11 is 0. The van der Waals surface area contributed by atoms with Crippen LogP contribution in [0.4, 0.5) is 0 Å². The van der Waals surface area contributed by atoms with Gasteiger partial charge in [-0.1, -0.05) is 36.4 Å². The van der Waals surface area contributed by atoms with Crippen LogP contribution >= 0.6 is 0 Å². The zero-order chi connectivity index (χ0) is 18.4. The van der Waals surface area contributed by atoms with Crippen LogP contribution in [0.2, 0.25) is 0 Å². The number of hydrogen-bond acceptors (Lipinski definition) is 4. The van der Waals surface area contributed by atoms with E-state index >= 15 is 0 Å². The Balaban J connectivity index is 2.14. The van der Waals surface area contributed by atoms with Crippen molar-refractivity contribution < 1.29 is 17.9 Å². The van der Waals surface area contributed by atoms with Gasteiger partial charge in [-0.15, -0.1) is 0 Å². The maximum Gasteiger partial charge on any atom is 0.252 e. The van der Waals surface area contributed by atoms with Gasteiger partial charge in [-0.25, -0.2) is 8.42 Å². The van der Waals surface area contributed by atoms with Gasteiger partial charge >= 0.3 is 0 Å². The van der Waals surface area contributed by atoms with Gasteiger partial charge in [-0.3, -0.25) is 4.79 Å². The van der Waals surface area contributed by atoms with Gasteiger partial charge in [-0.05, 0) is 37.1 Å². The van der Waals surface area contributed by atoms with Crippen molar-refractivity contribution in [3.05, 3.63) is 65.2 Å². The van der Waals surface area contributed by atoms with Crippen LogP contribution in [0.15, 0.2) is 53.4 Å². The predicted molar refractivity (Wildman–Crippen MR) is 97.1 cm³/mol. The molecule has 0 aromatic heterocycles. The predicted octanol–water partition coefficient (Wildman–Crippen LogP) is 2.95. The topological polar surface area (TPSA) is 72.5 Å². The SMILES string of the molecule is COCc1ccc(CNC(=O)c2ccccc2S(=O)(=O)C(C)C)cc1. The zero-order valence-electron chi connectivity index (χ0n) is 14.7. The molecule has 0 heterocycles. The zero-order valence-corrected chi connectivity index (χ0v) is 15.5. The van der Waals surface area contributed by atoms with Crippen molar-refractivity contribution in [2.24, 2.45) is 0 Å². The average Bonchev–Trinajstić information content (AvgIpc) is 2.61. The Labute approximate surface area is 148 Å². The number of sulfone groups is 1. The molecule has 1 N–H and O–H groups in total. The molecular weight excluding hydrogens is 338 g/mol. The van der Waals surface area contributed by atoms with Crippen LogP contribution in [0, 0.1) is 0 Å². The molecule has 0 saturated carbocycles. The fourth-order valence-electron chi connectivity index (χ4n) is 2.35. The first-order valence-electron chi connectivity index (χ1n) is 8.04. The lowest BCUT2D eigenvalue weighted by molar-refractivity contribution is 0.0947. The summed E-state index contributed by atoms with van der Waals surface area (Å²) in [7, 11) is -1.89. The van der Waals surface area contributed by atoms with Crippen LogP contribution in [0.25, 0.3) is 0 Å². The van der Waals surface area contributed by atoms with E-state index in [1.165, 1.54) is 12.1 Å². The molecule has 0 bridgehead atoms. The number of rotatable bonds is 7. The number of ether oxygens (including phenoxy) is 1. The summed E-state index contributed by atoms with van der Waals surface area (Å²) in [6.07, 6.45) is 0. The Morgan fingerprint density at radius 1 is 1.04 bits per heavy atom. The highest BCUT2D eigenvalue weighted by Crippen LogP contribution is 2.20. The highest BCUT2D eigenvalue weighted by molar-refractivity contribution is 7.92. The normalized spacial score (nSPS) is 11.5. The van der Waals surface area contributed by atoms with Crippen molar-refractivity contribution in [3.8, 4) is 0 Å². The van der Waals surface area contributed by atoms with Crippen LogP contribution in [-0.4, -0.2) is 26.7 Å². The number of methoxy groups -OCH3 is 1. The molecule has 0 radical (unpaired) electrons. The minimum Gasteiger partial charge on any atom is -0.380 e. The summed E-state index contributed by atoms with van der Waals surface area (Å²) in [4.78, 5) is 12.5. The third-order valence-corrected chi connectivity index (χ3v) is 6.06. The largest absolute Gasteiger partial charge is 0.380 e. The summed E-state index contributed by atoms with van der Waals surface area (Å²) in [5.41, 5.74) is 2.15. The Morgan fingerprint density at radius 2 is 1.64 bits per heavy atom.